The quantitative estimate of drug-likeness (QED) is 0.378. The van der Waals surface area contributed by atoms with Crippen LogP contribution in [-0.4, -0.2) is 0 Å². The molecule has 0 heterocycles. The summed E-state index contributed by atoms with van der Waals surface area (Å²) < 4.78 is 15.1. The van der Waals surface area contributed by atoms with Gasteiger partial charge >= 0.3 is 0 Å². The Labute approximate surface area is 136 Å². The second-order valence-corrected chi connectivity index (χ2v) is 7.15. The average Bonchev–Trinajstić information content (AvgIpc) is 2.28. The third kappa shape index (κ3) is 3.78. The van der Waals surface area contributed by atoms with E-state index in [4.69, 9.17) is 0 Å². The van der Waals surface area contributed by atoms with Gasteiger partial charge < -0.3 is 0 Å². The van der Waals surface area contributed by atoms with Gasteiger partial charge in [0.15, 0.2) is 0 Å². The number of rotatable bonds is 3. The summed E-state index contributed by atoms with van der Waals surface area (Å²) in [7, 11) is 0. The van der Waals surface area contributed by atoms with Crippen LogP contribution in [0.3, 0.4) is 0 Å². The second-order valence-electron chi connectivity index (χ2n) is 3.97. The number of hydrogen-bond donors (Lipinski definition) is 0. The molecule has 0 amide bonds. The van der Waals surface area contributed by atoms with Crippen LogP contribution in [0.25, 0.3) is 0 Å². The highest BCUT2D eigenvalue weighted by atomic mass is 127. The summed E-state index contributed by atoms with van der Waals surface area (Å²) in [5.74, 6) is -0.190. The van der Waals surface area contributed by atoms with Crippen LogP contribution in [0.1, 0.15) is 16.0 Å². The third-order valence-corrected chi connectivity index (χ3v) is 4.85. The molecule has 0 aromatic heterocycles. The van der Waals surface area contributed by atoms with E-state index in [1.807, 2.05) is 18.2 Å². The van der Waals surface area contributed by atoms with Crippen LogP contribution < -0.4 is 0 Å². The predicted octanol–water partition coefficient (Wildman–Crippen LogP) is 5.87. The molecule has 0 radical (unpaired) electrons. The topological polar surface area (TPSA) is 0 Å². The first-order chi connectivity index (χ1) is 8.56. The molecule has 0 aliphatic carbocycles. The summed E-state index contributed by atoms with van der Waals surface area (Å²) in [6.45, 7) is 0. The maximum Gasteiger partial charge on any atom is 0.124 e. The molecule has 1 atom stereocenters. The maximum atomic E-state index is 13.1. The third-order valence-electron chi connectivity index (χ3n) is 2.60. The van der Waals surface area contributed by atoms with Crippen molar-refractivity contribution in [3.8, 4) is 0 Å². The molecule has 0 N–H and O–H groups in total. The van der Waals surface area contributed by atoms with E-state index in [-0.39, 0.29) is 10.6 Å². The van der Waals surface area contributed by atoms with Gasteiger partial charge in [0.2, 0.25) is 0 Å². The lowest BCUT2D eigenvalue weighted by Gasteiger charge is -2.12. The van der Waals surface area contributed by atoms with Gasteiger partial charge in [-0.2, -0.15) is 0 Å². The van der Waals surface area contributed by atoms with E-state index in [0.717, 1.165) is 20.0 Å². The van der Waals surface area contributed by atoms with E-state index in [9.17, 15) is 4.39 Å². The Morgan fingerprint density at radius 1 is 1.17 bits per heavy atom. The Bertz CT molecular complexity index is 557. The number of hydrogen-bond acceptors (Lipinski definition) is 0. The van der Waals surface area contributed by atoms with Gasteiger partial charge in [-0.05, 0) is 64.4 Å². The normalized spacial score (nSPS) is 12.4. The molecule has 94 valence electrons. The summed E-state index contributed by atoms with van der Waals surface area (Å²) in [6, 6.07) is 13.1. The van der Waals surface area contributed by atoms with Crippen molar-refractivity contribution in [2.75, 3.05) is 0 Å². The molecule has 2 aromatic rings. The molecule has 0 spiro atoms. The largest absolute Gasteiger partial charge is 0.207 e. The molecule has 0 aliphatic rings. The van der Waals surface area contributed by atoms with E-state index >= 15 is 0 Å². The van der Waals surface area contributed by atoms with Crippen molar-refractivity contribution < 1.29 is 4.39 Å². The van der Waals surface area contributed by atoms with Crippen LogP contribution in [0.5, 0.6) is 0 Å². The fraction of sp³-hybridized carbons (Fsp3) is 0.143. The lowest BCUT2D eigenvalue weighted by atomic mass is 10.0. The molecule has 4 heteroatoms. The Morgan fingerprint density at radius 3 is 2.61 bits per heavy atom. The van der Waals surface area contributed by atoms with Crippen LogP contribution in [0.2, 0.25) is 0 Å². The number of alkyl halides is 1. The molecular formula is C14H10Br2FI. The Balaban J connectivity index is 2.19. The molecule has 0 aliphatic heterocycles. The minimum absolute atomic E-state index is 0.190. The minimum atomic E-state index is -0.190. The minimum Gasteiger partial charge on any atom is -0.207 e. The van der Waals surface area contributed by atoms with Crippen molar-refractivity contribution in [2.24, 2.45) is 0 Å². The van der Waals surface area contributed by atoms with Gasteiger partial charge in [-0.25, -0.2) is 4.39 Å². The molecule has 2 aromatic carbocycles. The van der Waals surface area contributed by atoms with Crippen LogP contribution in [-0.2, 0) is 6.42 Å². The molecule has 0 saturated heterocycles. The van der Waals surface area contributed by atoms with Gasteiger partial charge in [-0.1, -0.05) is 50.1 Å². The van der Waals surface area contributed by atoms with Crippen LogP contribution >= 0.6 is 54.5 Å². The first kappa shape index (κ1) is 14.5. The van der Waals surface area contributed by atoms with E-state index < -0.39 is 0 Å². The fourth-order valence-corrected chi connectivity index (χ4v) is 4.24. The van der Waals surface area contributed by atoms with Crippen LogP contribution in [0.4, 0.5) is 4.39 Å². The monoisotopic (exact) mass is 482 g/mol. The zero-order valence-corrected chi connectivity index (χ0v) is 14.7. The summed E-state index contributed by atoms with van der Waals surface area (Å²) >= 11 is 9.32. The lowest BCUT2D eigenvalue weighted by molar-refractivity contribution is 0.625. The zero-order valence-electron chi connectivity index (χ0n) is 9.34. The highest BCUT2D eigenvalue weighted by molar-refractivity contribution is 14.1. The highest BCUT2D eigenvalue weighted by Gasteiger charge is 2.12. The van der Waals surface area contributed by atoms with E-state index in [1.54, 1.807) is 6.07 Å². The summed E-state index contributed by atoms with van der Waals surface area (Å²) in [6.07, 6.45) is 0.876. The SMILES string of the molecule is Fc1ccc(C(Br)Cc2cccc(Br)c2)c(I)c1. The van der Waals surface area contributed by atoms with E-state index in [1.165, 1.54) is 11.6 Å². The van der Waals surface area contributed by atoms with Gasteiger partial charge in [0, 0.05) is 12.9 Å². The maximum absolute atomic E-state index is 13.1. The number of benzene rings is 2. The van der Waals surface area contributed by atoms with Gasteiger partial charge in [-0.15, -0.1) is 0 Å². The van der Waals surface area contributed by atoms with Gasteiger partial charge in [0.05, 0.1) is 0 Å². The summed E-state index contributed by atoms with van der Waals surface area (Å²) in [5.41, 5.74) is 2.36. The highest BCUT2D eigenvalue weighted by Crippen LogP contribution is 2.31. The molecule has 1 unspecified atom stereocenters. The van der Waals surface area contributed by atoms with Crippen molar-refractivity contribution in [1.29, 1.82) is 0 Å². The van der Waals surface area contributed by atoms with Crippen molar-refractivity contribution in [1.82, 2.24) is 0 Å². The predicted molar refractivity (Wildman–Crippen MR) is 88.6 cm³/mol. The average molecular weight is 484 g/mol. The molecule has 2 rings (SSSR count). The second kappa shape index (κ2) is 6.48. The molecule has 0 nitrogen and oxygen atoms in total. The Morgan fingerprint density at radius 2 is 1.94 bits per heavy atom. The zero-order chi connectivity index (χ0) is 13.1. The van der Waals surface area contributed by atoms with Crippen molar-refractivity contribution in [3.05, 3.63) is 67.5 Å². The van der Waals surface area contributed by atoms with E-state index in [0.29, 0.717) is 0 Å². The Hall–Kier alpha value is 0.0600. The van der Waals surface area contributed by atoms with Crippen LogP contribution in [0.15, 0.2) is 46.9 Å². The first-order valence-electron chi connectivity index (χ1n) is 5.40. The fourth-order valence-electron chi connectivity index (χ4n) is 1.74. The Kier molecular flexibility index (Phi) is 5.21. The van der Waals surface area contributed by atoms with Gasteiger partial charge in [-0.3, -0.25) is 0 Å². The summed E-state index contributed by atoms with van der Waals surface area (Å²) in [4.78, 5) is 0.194. The first-order valence-corrected chi connectivity index (χ1v) is 8.18. The summed E-state index contributed by atoms with van der Waals surface area (Å²) in [5, 5.41) is 0. The molecule has 18 heavy (non-hydrogen) atoms. The van der Waals surface area contributed by atoms with Crippen molar-refractivity contribution >= 4 is 54.5 Å². The molecule has 0 saturated carbocycles. The molecule has 0 fully saturated rings. The molecular weight excluding hydrogens is 474 g/mol. The van der Waals surface area contributed by atoms with Crippen LogP contribution in [0, 0.1) is 9.39 Å². The smallest absolute Gasteiger partial charge is 0.124 e. The molecule has 0 bridgehead atoms. The van der Waals surface area contributed by atoms with E-state index in [2.05, 4.69) is 66.6 Å². The van der Waals surface area contributed by atoms with Gasteiger partial charge in [0.1, 0.15) is 5.82 Å². The standard InChI is InChI=1S/C14H10Br2FI/c15-10-3-1-2-9(6-10)7-13(16)12-5-4-11(17)8-14(12)18/h1-6,8,13H,7H2. The van der Waals surface area contributed by atoms with Crippen molar-refractivity contribution in [2.45, 2.75) is 11.2 Å². The van der Waals surface area contributed by atoms with Gasteiger partial charge in [0.25, 0.3) is 0 Å². The lowest BCUT2D eigenvalue weighted by Crippen LogP contribution is -1.98. The van der Waals surface area contributed by atoms with Crippen molar-refractivity contribution in [3.63, 3.8) is 0 Å². The number of halogens is 4.